The molecule has 0 spiro atoms. The molecule has 2 aromatic rings. The topological polar surface area (TPSA) is 98.7 Å². The molecule has 6 nitrogen and oxygen atoms in total. The molecule has 2 amide bonds. The van der Waals surface area contributed by atoms with E-state index >= 15 is 0 Å². The average molecular weight is 408 g/mol. The second-order valence-electron chi connectivity index (χ2n) is 8.55. The monoisotopic (exact) mass is 408 g/mol. The van der Waals surface area contributed by atoms with Crippen molar-refractivity contribution in [2.24, 2.45) is 0 Å². The molecule has 4 N–H and O–H groups in total. The van der Waals surface area contributed by atoms with Gasteiger partial charge in [0.15, 0.2) is 0 Å². The van der Waals surface area contributed by atoms with E-state index in [2.05, 4.69) is 10.6 Å². The predicted molar refractivity (Wildman–Crippen MR) is 112 cm³/mol. The highest BCUT2D eigenvalue weighted by atomic mass is 16.3. The zero-order valence-corrected chi connectivity index (χ0v) is 16.9. The number of carbonyl (C=O) groups excluding carboxylic acids is 2. The first-order chi connectivity index (χ1) is 14.4. The Hall–Kier alpha value is -2.70. The van der Waals surface area contributed by atoms with E-state index in [-0.39, 0.29) is 0 Å². The Morgan fingerprint density at radius 2 is 1.00 bits per heavy atom. The van der Waals surface area contributed by atoms with Gasteiger partial charge >= 0.3 is 11.8 Å². The first-order valence-electron chi connectivity index (χ1n) is 10.6. The molecule has 0 bridgehead atoms. The molecule has 6 heteroatoms. The summed E-state index contributed by atoms with van der Waals surface area (Å²) in [6, 6.07) is 17.1. The number of carbonyl (C=O) groups is 2. The number of rotatable bonds is 6. The Labute approximate surface area is 176 Å². The minimum Gasteiger partial charge on any atom is -0.387 e. The van der Waals surface area contributed by atoms with E-state index in [1.807, 2.05) is 60.7 Å². The molecule has 2 saturated carbocycles. The molecule has 0 aliphatic heterocycles. The van der Waals surface area contributed by atoms with Crippen LogP contribution >= 0.6 is 0 Å². The first kappa shape index (κ1) is 20.6. The Morgan fingerprint density at radius 3 is 1.27 bits per heavy atom. The van der Waals surface area contributed by atoms with Crippen molar-refractivity contribution in [3.63, 3.8) is 0 Å². The van der Waals surface area contributed by atoms with Crippen LogP contribution in [0.3, 0.4) is 0 Å². The van der Waals surface area contributed by atoms with Gasteiger partial charge in [-0.05, 0) is 49.7 Å². The highest BCUT2D eigenvalue weighted by Gasteiger charge is 2.46. The van der Waals surface area contributed by atoms with E-state index in [0.717, 1.165) is 24.0 Å². The van der Waals surface area contributed by atoms with Gasteiger partial charge in [-0.3, -0.25) is 9.59 Å². The molecule has 0 saturated heterocycles. The minimum atomic E-state index is -1.05. The van der Waals surface area contributed by atoms with E-state index in [1.54, 1.807) is 0 Å². The summed E-state index contributed by atoms with van der Waals surface area (Å²) in [5.41, 5.74) is -0.582. The van der Waals surface area contributed by atoms with Crippen LogP contribution in [-0.4, -0.2) is 33.2 Å². The van der Waals surface area contributed by atoms with Crippen molar-refractivity contribution in [2.45, 2.75) is 61.8 Å². The molecule has 0 unspecified atom stereocenters. The molecule has 2 aliphatic carbocycles. The lowest BCUT2D eigenvalue weighted by molar-refractivity contribution is -0.145. The largest absolute Gasteiger partial charge is 0.387 e. The molecule has 0 heterocycles. The molecular weight excluding hydrogens is 380 g/mol. The zero-order valence-electron chi connectivity index (χ0n) is 16.9. The van der Waals surface area contributed by atoms with Gasteiger partial charge in [0.2, 0.25) is 0 Å². The van der Waals surface area contributed by atoms with Crippen molar-refractivity contribution in [3.8, 4) is 0 Å². The summed E-state index contributed by atoms with van der Waals surface area (Å²) in [7, 11) is 0. The Bertz CT molecular complexity index is 816. The number of hydrogen-bond donors (Lipinski definition) is 4. The van der Waals surface area contributed by atoms with Gasteiger partial charge in [0, 0.05) is 0 Å². The molecule has 2 aliphatic rings. The summed E-state index contributed by atoms with van der Waals surface area (Å²) < 4.78 is 0. The van der Waals surface area contributed by atoms with E-state index in [1.165, 1.54) is 0 Å². The number of aliphatic hydroxyl groups is 2. The summed E-state index contributed by atoms with van der Waals surface area (Å²) in [6.07, 6.45) is 4.04. The van der Waals surface area contributed by atoms with E-state index in [4.69, 9.17) is 0 Å². The molecule has 158 valence electrons. The molecule has 2 atom stereocenters. The first-order valence-corrected chi connectivity index (χ1v) is 10.6. The number of nitrogens with one attached hydrogen (secondary N) is 2. The fourth-order valence-electron chi connectivity index (χ4n) is 4.40. The molecule has 30 heavy (non-hydrogen) atoms. The highest BCUT2D eigenvalue weighted by Crippen LogP contribution is 2.43. The van der Waals surface area contributed by atoms with Gasteiger partial charge in [0.1, 0.15) is 0 Å². The van der Waals surface area contributed by atoms with Gasteiger partial charge in [0.25, 0.3) is 0 Å². The van der Waals surface area contributed by atoms with Crippen molar-refractivity contribution in [1.82, 2.24) is 10.6 Å². The minimum absolute atomic E-state index is 0.570. The van der Waals surface area contributed by atoms with Gasteiger partial charge in [-0.25, -0.2) is 0 Å². The van der Waals surface area contributed by atoms with Crippen molar-refractivity contribution in [1.29, 1.82) is 0 Å². The predicted octanol–water partition coefficient (Wildman–Crippen LogP) is 2.53. The Kier molecular flexibility index (Phi) is 5.62. The van der Waals surface area contributed by atoms with E-state index < -0.39 is 35.1 Å². The normalized spacial score (nSPS) is 20.7. The number of amides is 2. The summed E-state index contributed by atoms with van der Waals surface area (Å²) >= 11 is 0. The van der Waals surface area contributed by atoms with E-state index in [0.29, 0.717) is 25.7 Å². The lowest BCUT2D eigenvalue weighted by Gasteiger charge is -2.44. The summed E-state index contributed by atoms with van der Waals surface area (Å²) in [5.74, 6) is -1.62. The van der Waals surface area contributed by atoms with Gasteiger partial charge < -0.3 is 20.8 Å². The Balaban J connectivity index is 1.51. The maximum absolute atomic E-state index is 12.8. The highest BCUT2D eigenvalue weighted by molar-refractivity contribution is 6.35. The lowest BCUT2D eigenvalue weighted by atomic mass is 9.72. The SMILES string of the molecule is O=C(N[C@H](c1ccccc1)C1(O)CCC1)C(=O)N[C@H](c1ccccc1)C1(O)CCC1. The van der Waals surface area contributed by atoms with Crippen LogP contribution < -0.4 is 10.6 Å². The third-order valence-corrected chi connectivity index (χ3v) is 6.54. The van der Waals surface area contributed by atoms with Crippen LogP contribution in [0.2, 0.25) is 0 Å². The van der Waals surface area contributed by atoms with Gasteiger partial charge in [0.05, 0.1) is 23.3 Å². The number of hydrogen-bond acceptors (Lipinski definition) is 4. The summed E-state index contributed by atoms with van der Waals surface area (Å²) in [5, 5.41) is 27.3. The third kappa shape index (κ3) is 3.98. The lowest BCUT2D eigenvalue weighted by Crippen LogP contribution is -2.56. The smallest absolute Gasteiger partial charge is 0.309 e. The van der Waals surface area contributed by atoms with Gasteiger partial charge in [-0.2, -0.15) is 0 Å². The second-order valence-corrected chi connectivity index (χ2v) is 8.55. The quantitative estimate of drug-likeness (QED) is 0.552. The van der Waals surface area contributed by atoms with Gasteiger partial charge in [-0.15, -0.1) is 0 Å². The van der Waals surface area contributed by atoms with Crippen LogP contribution in [0.1, 0.15) is 61.7 Å². The third-order valence-electron chi connectivity index (χ3n) is 6.54. The van der Waals surface area contributed by atoms with Crippen LogP contribution in [0.15, 0.2) is 60.7 Å². The molecule has 2 fully saturated rings. The average Bonchev–Trinajstić information content (AvgIpc) is 2.73. The Morgan fingerprint density at radius 1 is 0.667 bits per heavy atom. The van der Waals surface area contributed by atoms with Crippen LogP contribution in [0.4, 0.5) is 0 Å². The number of benzene rings is 2. The van der Waals surface area contributed by atoms with Crippen LogP contribution in [-0.2, 0) is 9.59 Å². The summed E-state index contributed by atoms with van der Waals surface area (Å²) in [6.45, 7) is 0. The maximum Gasteiger partial charge on any atom is 0.309 e. The fraction of sp³-hybridized carbons (Fsp3) is 0.417. The van der Waals surface area contributed by atoms with Crippen molar-refractivity contribution in [3.05, 3.63) is 71.8 Å². The maximum atomic E-state index is 12.8. The van der Waals surface area contributed by atoms with Crippen molar-refractivity contribution < 1.29 is 19.8 Å². The standard InChI is InChI=1S/C24H28N2O4/c27-21(25-19(23(29)13-7-14-23)17-9-3-1-4-10-17)22(28)26-20(24(30)15-8-16-24)18-11-5-2-6-12-18/h1-6,9-12,19-20,29-30H,7-8,13-16H2,(H,25,27)(H,26,28)/t19-,20-/m1/s1. The second kappa shape index (κ2) is 8.20. The molecule has 4 rings (SSSR count). The van der Waals surface area contributed by atoms with Crippen LogP contribution in [0.25, 0.3) is 0 Å². The van der Waals surface area contributed by atoms with Crippen LogP contribution in [0.5, 0.6) is 0 Å². The molecule has 0 aromatic heterocycles. The van der Waals surface area contributed by atoms with E-state index in [9.17, 15) is 19.8 Å². The van der Waals surface area contributed by atoms with Crippen LogP contribution in [0, 0.1) is 0 Å². The van der Waals surface area contributed by atoms with Crippen molar-refractivity contribution in [2.75, 3.05) is 0 Å². The van der Waals surface area contributed by atoms with Gasteiger partial charge in [-0.1, -0.05) is 60.7 Å². The molecule has 2 aromatic carbocycles. The summed E-state index contributed by atoms with van der Waals surface area (Å²) in [4.78, 5) is 25.6. The van der Waals surface area contributed by atoms with Crippen molar-refractivity contribution >= 4 is 11.8 Å². The zero-order chi connectivity index (χ0) is 21.2. The molecular formula is C24H28N2O4. The fourth-order valence-corrected chi connectivity index (χ4v) is 4.40. The molecule has 0 radical (unpaired) electrons.